The van der Waals surface area contributed by atoms with Crippen molar-refractivity contribution in [3.8, 4) is 11.5 Å². The Morgan fingerprint density at radius 3 is 2.22 bits per heavy atom. The second kappa shape index (κ2) is 8.77. The van der Waals surface area contributed by atoms with Crippen LogP contribution in [-0.2, 0) is 24.4 Å². The van der Waals surface area contributed by atoms with Gasteiger partial charge in [0.2, 0.25) is 0 Å². The molecule has 0 atom stereocenters. The molecule has 0 saturated carbocycles. The maximum Gasteiger partial charge on any atom is 0.179 e. The smallest absolute Gasteiger partial charge is 0.179 e. The molecule has 5 heteroatoms. The van der Waals surface area contributed by atoms with Crippen molar-refractivity contribution in [1.29, 1.82) is 0 Å². The Morgan fingerprint density at radius 1 is 0.870 bits per heavy atom. The molecular weight excluding hydrogens is 314 g/mol. The molecule has 0 fully saturated rings. The van der Waals surface area contributed by atoms with Gasteiger partial charge in [-0.25, -0.2) is 0 Å². The zero-order chi connectivity index (χ0) is 16.7. The molecular formula is C18H22ClNO3. The van der Waals surface area contributed by atoms with E-state index in [1.165, 1.54) is 11.1 Å². The zero-order valence-corrected chi connectivity index (χ0v) is 14.4. The van der Waals surface area contributed by atoms with Crippen molar-refractivity contribution in [2.75, 3.05) is 21.3 Å². The van der Waals surface area contributed by atoms with Gasteiger partial charge >= 0.3 is 0 Å². The van der Waals surface area contributed by atoms with Gasteiger partial charge in [0.1, 0.15) is 0 Å². The van der Waals surface area contributed by atoms with Crippen LogP contribution in [0, 0.1) is 0 Å². The number of hydrogen-bond acceptors (Lipinski definition) is 4. The Hall–Kier alpha value is -1.75. The summed E-state index contributed by atoms with van der Waals surface area (Å²) in [5, 5.41) is 3.98. The highest BCUT2D eigenvalue weighted by Gasteiger charge is 2.12. The minimum absolute atomic E-state index is 0.563. The van der Waals surface area contributed by atoms with Crippen LogP contribution in [0.1, 0.15) is 16.7 Å². The summed E-state index contributed by atoms with van der Waals surface area (Å²) in [6, 6.07) is 12.0. The Labute approximate surface area is 142 Å². The van der Waals surface area contributed by atoms with Crippen molar-refractivity contribution < 1.29 is 14.2 Å². The molecule has 0 spiro atoms. The zero-order valence-electron chi connectivity index (χ0n) is 13.7. The van der Waals surface area contributed by atoms with E-state index in [1.807, 2.05) is 24.3 Å². The average molecular weight is 336 g/mol. The van der Waals surface area contributed by atoms with Crippen molar-refractivity contribution in [1.82, 2.24) is 5.32 Å². The summed E-state index contributed by atoms with van der Waals surface area (Å²) in [4.78, 5) is 0. The van der Waals surface area contributed by atoms with Crippen molar-refractivity contribution in [3.05, 3.63) is 58.1 Å². The SMILES string of the molecule is COCc1ccccc1CNCc1ccc(OC)c(OC)c1Cl. The monoisotopic (exact) mass is 335 g/mol. The molecule has 0 amide bonds. The molecule has 0 aliphatic rings. The van der Waals surface area contributed by atoms with Crippen molar-refractivity contribution in [2.45, 2.75) is 19.7 Å². The Bertz CT molecular complexity index is 646. The van der Waals surface area contributed by atoms with Gasteiger partial charge in [-0.3, -0.25) is 0 Å². The summed E-state index contributed by atoms with van der Waals surface area (Å²) in [5.41, 5.74) is 3.36. The lowest BCUT2D eigenvalue weighted by molar-refractivity contribution is 0.184. The number of rotatable bonds is 8. The third-order valence-electron chi connectivity index (χ3n) is 3.61. The highest BCUT2D eigenvalue weighted by molar-refractivity contribution is 6.33. The molecule has 0 aliphatic carbocycles. The molecule has 0 unspecified atom stereocenters. The molecule has 0 bridgehead atoms. The molecule has 2 rings (SSSR count). The predicted molar refractivity (Wildman–Crippen MR) is 92.3 cm³/mol. The minimum Gasteiger partial charge on any atom is -0.493 e. The van der Waals surface area contributed by atoms with Gasteiger partial charge in [-0.05, 0) is 22.8 Å². The first kappa shape index (κ1) is 17.6. The van der Waals surface area contributed by atoms with Crippen molar-refractivity contribution in [3.63, 3.8) is 0 Å². The summed E-state index contributed by atoms with van der Waals surface area (Å²) in [6.45, 7) is 1.99. The lowest BCUT2D eigenvalue weighted by Crippen LogP contribution is -2.14. The largest absolute Gasteiger partial charge is 0.493 e. The normalized spacial score (nSPS) is 10.6. The van der Waals surface area contributed by atoms with E-state index in [2.05, 4.69) is 17.4 Å². The molecule has 0 saturated heterocycles. The lowest BCUT2D eigenvalue weighted by atomic mass is 10.1. The Balaban J connectivity index is 2.05. The molecule has 4 nitrogen and oxygen atoms in total. The number of hydrogen-bond donors (Lipinski definition) is 1. The Kier molecular flexibility index (Phi) is 6.71. The number of nitrogens with one attached hydrogen (secondary N) is 1. The van der Waals surface area contributed by atoms with Crippen LogP contribution in [-0.4, -0.2) is 21.3 Å². The molecule has 23 heavy (non-hydrogen) atoms. The first-order chi connectivity index (χ1) is 11.2. The van der Waals surface area contributed by atoms with Gasteiger partial charge in [0.15, 0.2) is 11.5 Å². The molecule has 0 aliphatic heterocycles. The summed E-state index contributed by atoms with van der Waals surface area (Å²) < 4.78 is 15.8. The van der Waals surface area contributed by atoms with Gasteiger partial charge in [-0.15, -0.1) is 0 Å². The van der Waals surface area contributed by atoms with Crippen molar-refractivity contribution in [2.24, 2.45) is 0 Å². The van der Waals surface area contributed by atoms with Gasteiger partial charge in [-0.1, -0.05) is 41.9 Å². The van der Waals surface area contributed by atoms with Crippen LogP contribution in [0.25, 0.3) is 0 Å². The third kappa shape index (κ3) is 4.38. The first-order valence-corrected chi connectivity index (χ1v) is 7.74. The maximum absolute atomic E-state index is 6.39. The van der Waals surface area contributed by atoms with E-state index in [0.717, 1.165) is 12.1 Å². The third-order valence-corrected chi connectivity index (χ3v) is 4.03. The summed E-state index contributed by atoms with van der Waals surface area (Å²) in [7, 11) is 4.88. The van der Waals surface area contributed by atoms with E-state index < -0.39 is 0 Å². The van der Waals surface area contributed by atoms with E-state index in [0.29, 0.717) is 29.7 Å². The number of methoxy groups -OCH3 is 3. The standard InChI is InChI=1S/C18H22ClNO3/c1-21-12-15-7-5-4-6-13(15)10-20-11-14-8-9-16(22-2)18(23-3)17(14)19/h4-9,20H,10-12H2,1-3H3. The van der Waals surface area contributed by atoms with E-state index in [-0.39, 0.29) is 0 Å². The fourth-order valence-corrected chi connectivity index (χ4v) is 2.72. The molecule has 0 heterocycles. The van der Waals surface area contributed by atoms with Gasteiger partial charge in [0.05, 0.1) is 25.8 Å². The first-order valence-electron chi connectivity index (χ1n) is 7.37. The molecule has 0 radical (unpaired) electrons. The van der Waals surface area contributed by atoms with E-state index in [9.17, 15) is 0 Å². The van der Waals surface area contributed by atoms with E-state index in [4.69, 9.17) is 25.8 Å². The van der Waals surface area contributed by atoms with Gasteiger partial charge in [0.25, 0.3) is 0 Å². The maximum atomic E-state index is 6.39. The quantitative estimate of drug-likeness (QED) is 0.796. The van der Waals surface area contributed by atoms with Gasteiger partial charge in [0, 0.05) is 20.2 Å². The van der Waals surface area contributed by atoms with E-state index >= 15 is 0 Å². The highest BCUT2D eigenvalue weighted by atomic mass is 35.5. The minimum atomic E-state index is 0.563. The van der Waals surface area contributed by atoms with Crippen LogP contribution in [0.4, 0.5) is 0 Å². The topological polar surface area (TPSA) is 39.7 Å². The van der Waals surface area contributed by atoms with Crippen molar-refractivity contribution >= 4 is 11.6 Å². The lowest BCUT2D eigenvalue weighted by Gasteiger charge is -2.14. The highest BCUT2D eigenvalue weighted by Crippen LogP contribution is 2.37. The number of halogens is 1. The van der Waals surface area contributed by atoms with Gasteiger partial charge in [-0.2, -0.15) is 0 Å². The summed E-state index contributed by atoms with van der Waals surface area (Å²) in [5.74, 6) is 1.19. The van der Waals surface area contributed by atoms with E-state index in [1.54, 1.807) is 21.3 Å². The molecule has 1 N–H and O–H groups in total. The predicted octanol–water partition coefficient (Wildman–Crippen LogP) is 3.79. The molecule has 124 valence electrons. The van der Waals surface area contributed by atoms with Crippen LogP contribution in [0.5, 0.6) is 11.5 Å². The van der Waals surface area contributed by atoms with Crippen LogP contribution in [0.2, 0.25) is 5.02 Å². The molecule has 2 aromatic rings. The van der Waals surface area contributed by atoms with Crippen LogP contribution < -0.4 is 14.8 Å². The number of benzene rings is 2. The summed E-state index contributed by atoms with van der Waals surface area (Å²) >= 11 is 6.39. The fraction of sp³-hybridized carbons (Fsp3) is 0.333. The second-order valence-electron chi connectivity index (χ2n) is 5.08. The van der Waals surface area contributed by atoms with Crippen LogP contribution in [0.15, 0.2) is 36.4 Å². The molecule has 2 aromatic carbocycles. The van der Waals surface area contributed by atoms with Gasteiger partial charge < -0.3 is 19.5 Å². The average Bonchev–Trinajstić information content (AvgIpc) is 2.57. The second-order valence-corrected chi connectivity index (χ2v) is 5.46. The van der Waals surface area contributed by atoms with Crippen LogP contribution in [0.3, 0.4) is 0 Å². The summed E-state index contributed by atoms with van der Waals surface area (Å²) in [6.07, 6.45) is 0. The fourth-order valence-electron chi connectivity index (χ4n) is 2.42. The van der Waals surface area contributed by atoms with Crippen LogP contribution >= 0.6 is 11.6 Å². The Morgan fingerprint density at radius 2 is 1.57 bits per heavy atom. The number of ether oxygens (including phenoxy) is 3. The molecule has 0 aromatic heterocycles.